The summed E-state index contributed by atoms with van der Waals surface area (Å²) in [6.45, 7) is 0.935. The molecule has 3 atom stereocenters. The van der Waals surface area contributed by atoms with Gasteiger partial charge < -0.3 is 15.1 Å². The van der Waals surface area contributed by atoms with Gasteiger partial charge in [0.1, 0.15) is 5.75 Å². The normalized spacial score (nSPS) is 20.1. The number of hydrogen-bond donors (Lipinski definition) is 2. The number of aromatic hydroxyl groups is 1. The van der Waals surface area contributed by atoms with Gasteiger partial charge in [0.2, 0.25) is 0 Å². The van der Waals surface area contributed by atoms with Crippen molar-refractivity contribution in [2.45, 2.75) is 25.0 Å². The Balaban J connectivity index is 1.51. The van der Waals surface area contributed by atoms with E-state index in [-0.39, 0.29) is 6.04 Å². The maximum Gasteiger partial charge on any atom is 0.120 e. The third kappa shape index (κ3) is 3.69. The molecule has 0 amide bonds. The smallest absolute Gasteiger partial charge is 0.120 e. The Kier molecular flexibility index (Phi) is 5.12. The first-order valence-corrected chi connectivity index (χ1v) is 9.56. The second kappa shape index (κ2) is 7.85. The van der Waals surface area contributed by atoms with Crippen molar-refractivity contribution in [1.29, 1.82) is 0 Å². The quantitative estimate of drug-likeness (QED) is 0.645. The van der Waals surface area contributed by atoms with Gasteiger partial charge in [-0.1, -0.05) is 66.7 Å². The Morgan fingerprint density at radius 2 is 1.48 bits per heavy atom. The summed E-state index contributed by atoms with van der Waals surface area (Å²) in [6, 6.07) is 27.9. The summed E-state index contributed by atoms with van der Waals surface area (Å²) in [6.07, 6.45) is 1.20. The molecule has 0 aliphatic carbocycles. The van der Waals surface area contributed by atoms with Crippen molar-refractivity contribution in [3.8, 4) is 5.75 Å². The molecule has 1 saturated heterocycles. The minimum Gasteiger partial charge on any atom is -0.508 e. The van der Waals surface area contributed by atoms with Crippen molar-refractivity contribution in [3.63, 3.8) is 0 Å². The lowest BCUT2D eigenvalue weighted by Gasteiger charge is -2.50. The first-order chi connectivity index (χ1) is 13.2. The van der Waals surface area contributed by atoms with Crippen LogP contribution < -0.4 is 4.90 Å². The zero-order valence-corrected chi connectivity index (χ0v) is 15.3. The molecule has 1 heterocycles. The van der Waals surface area contributed by atoms with E-state index in [1.165, 1.54) is 5.69 Å². The van der Waals surface area contributed by atoms with E-state index in [0.29, 0.717) is 11.7 Å². The molecular formula is C24H25NO2. The third-order valence-corrected chi connectivity index (χ3v) is 5.55. The number of phenols is 1. The zero-order valence-electron chi connectivity index (χ0n) is 15.3. The van der Waals surface area contributed by atoms with Crippen molar-refractivity contribution >= 4 is 5.69 Å². The van der Waals surface area contributed by atoms with Gasteiger partial charge in [-0.2, -0.15) is 0 Å². The summed E-state index contributed by atoms with van der Waals surface area (Å²) in [5.41, 5.74) is 3.10. The van der Waals surface area contributed by atoms with E-state index in [9.17, 15) is 10.2 Å². The monoisotopic (exact) mass is 359 g/mol. The number of aliphatic hydroxyl groups excluding tert-OH is 1. The number of aliphatic hydroxyl groups is 1. The van der Waals surface area contributed by atoms with Gasteiger partial charge in [-0.15, -0.1) is 0 Å². The Bertz CT molecular complexity index is 866. The molecule has 4 rings (SSSR count). The van der Waals surface area contributed by atoms with Gasteiger partial charge >= 0.3 is 0 Å². The second-order valence-electron chi connectivity index (χ2n) is 7.26. The first-order valence-electron chi connectivity index (χ1n) is 9.56. The molecular weight excluding hydrogens is 334 g/mol. The number of hydrogen-bond acceptors (Lipinski definition) is 3. The fourth-order valence-electron chi connectivity index (χ4n) is 4.09. The van der Waals surface area contributed by atoms with Crippen molar-refractivity contribution in [3.05, 3.63) is 96.1 Å². The van der Waals surface area contributed by atoms with E-state index in [1.54, 1.807) is 6.07 Å². The van der Waals surface area contributed by atoms with Crippen LogP contribution in [0.5, 0.6) is 5.75 Å². The largest absolute Gasteiger partial charge is 0.508 e. The minimum absolute atomic E-state index is 0.136. The van der Waals surface area contributed by atoms with Crippen LogP contribution in [0.2, 0.25) is 0 Å². The van der Waals surface area contributed by atoms with Gasteiger partial charge in [0, 0.05) is 23.7 Å². The molecule has 3 heteroatoms. The number of benzene rings is 3. The van der Waals surface area contributed by atoms with Crippen LogP contribution in [0.25, 0.3) is 0 Å². The first kappa shape index (κ1) is 17.6. The molecule has 2 N–H and O–H groups in total. The standard InChI is InChI=1S/C24H25NO2/c26-22(18-9-3-1-4-10-18)16-15-19-17-25(20-11-5-2-6-12-20)24(19)21-13-7-8-14-23(21)27/h1-14,19,22,24,26-27H,15-17H2. The van der Waals surface area contributed by atoms with Gasteiger partial charge in [0.15, 0.2) is 0 Å². The predicted octanol–water partition coefficient (Wildman–Crippen LogP) is 5.08. The van der Waals surface area contributed by atoms with Gasteiger partial charge in [-0.25, -0.2) is 0 Å². The molecule has 0 saturated carbocycles. The van der Waals surface area contributed by atoms with Crippen LogP contribution in [0.15, 0.2) is 84.9 Å². The number of phenolic OH excluding ortho intramolecular Hbond substituents is 1. The number of anilines is 1. The van der Waals surface area contributed by atoms with Crippen molar-refractivity contribution in [2.75, 3.05) is 11.4 Å². The summed E-state index contributed by atoms with van der Waals surface area (Å²) < 4.78 is 0. The predicted molar refractivity (Wildman–Crippen MR) is 109 cm³/mol. The fourth-order valence-corrected chi connectivity index (χ4v) is 4.09. The Hall–Kier alpha value is -2.78. The number of para-hydroxylation sites is 2. The molecule has 3 aromatic rings. The van der Waals surface area contributed by atoms with Crippen LogP contribution in [-0.4, -0.2) is 16.8 Å². The average Bonchev–Trinajstić information content (AvgIpc) is 2.70. The maximum absolute atomic E-state index is 10.5. The third-order valence-electron chi connectivity index (χ3n) is 5.55. The molecule has 0 aromatic heterocycles. The number of nitrogens with zero attached hydrogens (tertiary/aromatic N) is 1. The highest BCUT2D eigenvalue weighted by atomic mass is 16.3. The van der Waals surface area contributed by atoms with Crippen LogP contribution in [-0.2, 0) is 0 Å². The molecule has 1 aliphatic rings. The van der Waals surface area contributed by atoms with Crippen molar-refractivity contribution in [2.24, 2.45) is 5.92 Å². The molecule has 1 fully saturated rings. The molecule has 1 aliphatic heterocycles. The molecule has 3 aromatic carbocycles. The fraction of sp³-hybridized carbons (Fsp3) is 0.250. The van der Waals surface area contributed by atoms with Crippen LogP contribution in [0, 0.1) is 5.92 Å². The highest BCUT2D eigenvalue weighted by molar-refractivity contribution is 5.54. The Morgan fingerprint density at radius 1 is 0.852 bits per heavy atom. The summed E-state index contributed by atoms with van der Waals surface area (Å²) in [5, 5.41) is 20.9. The van der Waals surface area contributed by atoms with Gasteiger partial charge in [-0.3, -0.25) is 0 Å². The molecule has 138 valence electrons. The number of rotatable bonds is 6. The lowest BCUT2D eigenvalue weighted by molar-refractivity contribution is 0.143. The van der Waals surface area contributed by atoms with Crippen molar-refractivity contribution in [1.82, 2.24) is 0 Å². The summed E-state index contributed by atoms with van der Waals surface area (Å²) >= 11 is 0. The average molecular weight is 359 g/mol. The minimum atomic E-state index is -0.443. The lowest BCUT2D eigenvalue weighted by atomic mass is 9.79. The molecule has 3 unspecified atom stereocenters. The van der Waals surface area contributed by atoms with E-state index in [4.69, 9.17) is 0 Å². The Morgan fingerprint density at radius 3 is 2.19 bits per heavy atom. The Labute approximate surface area is 160 Å². The van der Waals surface area contributed by atoms with Crippen LogP contribution >= 0.6 is 0 Å². The molecule has 27 heavy (non-hydrogen) atoms. The SMILES string of the molecule is Oc1ccccc1C1C(CCC(O)c2ccccc2)CN1c1ccccc1. The highest BCUT2D eigenvalue weighted by Crippen LogP contribution is 2.47. The van der Waals surface area contributed by atoms with Gasteiger partial charge in [-0.05, 0) is 36.6 Å². The maximum atomic E-state index is 10.5. The summed E-state index contributed by atoms with van der Waals surface area (Å²) in [5.74, 6) is 0.744. The van der Waals surface area contributed by atoms with Crippen molar-refractivity contribution < 1.29 is 10.2 Å². The van der Waals surface area contributed by atoms with Crippen LogP contribution in [0.4, 0.5) is 5.69 Å². The van der Waals surface area contributed by atoms with E-state index in [2.05, 4.69) is 17.0 Å². The van der Waals surface area contributed by atoms with E-state index < -0.39 is 6.10 Å². The van der Waals surface area contributed by atoms with Gasteiger partial charge in [0.25, 0.3) is 0 Å². The molecule has 0 bridgehead atoms. The molecule has 0 spiro atoms. The van der Waals surface area contributed by atoms with Crippen LogP contribution in [0.3, 0.4) is 0 Å². The second-order valence-corrected chi connectivity index (χ2v) is 7.26. The van der Waals surface area contributed by atoms with E-state index in [0.717, 1.165) is 30.5 Å². The van der Waals surface area contributed by atoms with Crippen LogP contribution in [0.1, 0.15) is 36.1 Å². The topological polar surface area (TPSA) is 43.7 Å². The summed E-state index contributed by atoms with van der Waals surface area (Å²) in [7, 11) is 0. The molecule has 3 nitrogen and oxygen atoms in total. The highest BCUT2D eigenvalue weighted by Gasteiger charge is 2.41. The zero-order chi connectivity index (χ0) is 18.6. The van der Waals surface area contributed by atoms with E-state index >= 15 is 0 Å². The van der Waals surface area contributed by atoms with E-state index in [1.807, 2.05) is 66.7 Å². The molecule has 0 radical (unpaired) electrons. The van der Waals surface area contributed by atoms with Gasteiger partial charge in [0.05, 0.1) is 12.1 Å². The summed E-state index contributed by atoms with van der Waals surface area (Å²) in [4.78, 5) is 2.34. The lowest BCUT2D eigenvalue weighted by Crippen LogP contribution is -2.50.